The van der Waals surface area contributed by atoms with E-state index in [2.05, 4.69) is 17.2 Å². The SMILES string of the molecule is C=CCOCC(NC(=O)CC(NC(C)=O)c1cccs1)C(=O)O. The van der Waals surface area contributed by atoms with Crippen LogP contribution in [0.4, 0.5) is 0 Å². The van der Waals surface area contributed by atoms with Crippen molar-refractivity contribution in [3.05, 3.63) is 35.0 Å². The Morgan fingerprint density at radius 2 is 2.17 bits per heavy atom. The van der Waals surface area contributed by atoms with Crippen molar-refractivity contribution in [1.82, 2.24) is 10.6 Å². The molecule has 2 atom stereocenters. The minimum Gasteiger partial charge on any atom is -0.480 e. The van der Waals surface area contributed by atoms with Crippen LogP contribution in [0.2, 0.25) is 0 Å². The van der Waals surface area contributed by atoms with Gasteiger partial charge in [0.1, 0.15) is 0 Å². The maximum Gasteiger partial charge on any atom is 0.328 e. The van der Waals surface area contributed by atoms with Gasteiger partial charge in [0.05, 0.1) is 25.7 Å². The molecule has 1 heterocycles. The van der Waals surface area contributed by atoms with Crippen LogP contribution in [0.1, 0.15) is 24.3 Å². The number of nitrogens with one attached hydrogen (secondary N) is 2. The largest absolute Gasteiger partial charge is 0.480 e. The van der Waals surface area contributed by atoms with Crippen LogP contribution in [0.3, 0.4) is 0 Å². The maximum absolute atomic E-state index is 12.1. The lowest BCUT2D eigenvalue weighted by atomic mass is 10.1. The van der Waals surface area contributed by atoms with Crippen molar-refractivity contribution < 1.29 is 24.2 Å². The van der Waals surface area contributed by atoms with Crippen LogP contribution in [0, 0.1) is 0 Å². The molecule has 0 radical (unpaired) electrons. The Labute approximate surface area is 138 Å². The minimum absolute atomic E-state index is 0.0503. The van der Waals surface area contributed by atoms with E-state index >= 15 is 0 Å². The van der Waals surface area contributed by atoms with Crippen molar-refractivity contribution in [3.63, 3.8) is 0 Å². The van der Waals surface area contributed by atoms with Crippen LogP contribution < -0.4 is 10.6 Å². The van der Waals surface area contributed by atoms with Crippen LogP contribution in [0.15, 0.2) is 30.2 Å². The summed E-state index contributed by atoms with van der Waals surface area (Å²) in [5, 5.41) is 16.0. The molecular formula is C15H20N2O5S. The van der Waals surface area contributed by atoms with E-state index in [1.54, 1.807) is 6.07 Å². The summed E-state index contributed by atoms with van der Waals surface area (Å²) in [6, 6.07) is 1.98. The van der Waals surface area contributed by atoms with Crippen LogP contribution in [0.5, 0.6) is 0 Å². The molecule has 0 bridgehead atoms. The first-order valence-corrected chi connectivity index (χ1v) is 7.83. The molecule has 2 unspecified atom stereocenters. The smallest absolute Gasteiger partial charge is 0.328 e. The van der Waals surface area contributed by atoms with E-state index in [-0.39, 0.29) is 25.5 Å². The van der Waals surface area contributed by atoms with Crippen molar-refractivity contribution in [2.75, 3.05) is 13.2 Å². The molecular weight excluding hydrogens is 320 g/mol. The summed E-state index contributed by atoms with van der Waals surface area (Å²) < 4.78 is 5.07. The second-order valence-electron chi connectivity index (χ2n) is 4.76. The Bertz CT molecular complexity index is 544. The Morgan fingerprint density at radius 1 is 1.43 bits per heavy atom. The Kier molecular flexibility index (Phi) is 8.00. The number of carboxylic acids is 1. The van der Waals surface area contributed by atoms with Gasteiger partial charge in [0.25, 0.3) is 0 Å². The number of amides is 2. The van der Waals surface area contributed by atoms with Gasteiger partial charge in [0.2, 0.25) is 11.8 Å². The molecule has 0 aliphatic carbocycles. The van der Waals surface area contributed by atoms with Gasteiger partial charge in [-0.25, -0.2) is 4.79 Å². The summed E-state index contributed by atoms with van der Waals surface area (Å²) in [6.45, 7) is 4.86. The molecule has 0 aromatic carbocycles. The topological polar surface area (TPSA) is 105 Å². The molecule has 3 N–H and O–H groups in total. The monoisotopic (exact) mass is 340 g/mol. The van der Waals surface area contributed by atoms with E-state index in [9.17, 15) is 14.4 Å². The molecule has 2 amide bonds. The first-order chi connectivity index (χ1) is 10.9. The fourth-order valence-corrected chi connectivity index (χ4v) is 2.62. The highest BCUT2D eigenvalue weighted by Gasteiger charge is 2.23. The molecule has 1 rings (SSSR count). The highest BCUT2D eigenvalue weighted by atomic mass is 32.1. The lowest BCUT2D eigenvalue weighted by Gasteiger charge is -2.19. The van der Waals surface area contributed by atoms with Gasteiger partial charge in [0.15, 0.2) is 6.04 Å². The molecule has 23 heavy (non-hydrogen) atoms. The number of rotatable bonds is 10. The van der Waals surface area contributed by atoms with Gasteiger partial charge < -0.3 is 20.5 Å². The second kappa shape index (κ2) is 9.75. The highest BCUT2D eigenvalue weighted by molar-refractivity contribution is 7.10. The maximum atomic E-state index is 12.1. The van der Waals surface area contributed by atoms with Crippen molar-refractivity contribution in [3.8, 4) is 0 Å². The lowest BCUT2D eigenvalue weighted by molar-refractivity contribution is -0.143. The highest BCUT2D eigenvalue weighted by Crippen LogP contribution is 2.22. The molecule has 0 aliphatic heterocycles. The van der Waals surface area contributed by atoms with Gasteiger partial charge in [-0.3, -0.25) is 9.59 Å². The zero-order chi connectivity index (χ0) is 17.2. The number of carboxylic acid groups (broad SMARTS) is 1. The quantitative estimate of drug-likeness (QED) is 0.437. The number of ether oxygens (including phenoxy) is 1. The minimum atomic E-state index is -1.19. The summed E-state index contributed by atoms with van der Waals surface area (Å²) in [4.78, 5) is 35.3. The van der Waals surface area contributed by atoms with Crippen LogP contribution in [-0.2, 0) is 19.1 Å². The number of carbonyl (C=O) groups excluding carboxylic acids is 2. The molecule has 7 nitrogen and oxygen atoms in total. The zero-order valence-electron chi connectivity index (χ0n) is 12.8. The molecule has 0 fully saturated rings. The van der Waals surface area contributed by atoms with Gasteiger partial charge in [-0.05, 0) is 11.4 Å². The van der Waals surface area contributed by atoms with E-state index in [1.165, 1.54) is 24.3 Å². The van der Waals surface area contributed by atoms with Gasteiger partial charge >= 0.3 is 5.97 Å². The third kappa shape index (κ3) is 7.07. The van der Waals surface area contributed by atoms with E-state index in [0.717, 1.165) is 4.88 Å². The van der Waals surface area contributed by atoms with Gasteiger partial charge in [0, 0.05) is 11.8 Å². The standard InChI is InChI=1S/C15H20N2O5S/c1-3-6-22-9-12(15(20)21)17-14(19)8-11(16-10(2)18)13-5-4-7-23-13/h3-5,7,11-12H,1,6,8-9H2,2H3,(H,16,18)(H,17,19)(H,20,21). The number of hydrogen-bond donors (Lipinski definition) is 3. The molecule has 126 valence electrons. The molecule has 0 spiro atoms. The first kappa shape index (κ1) is 18.9. The average Bonchev–Trinajstić information content (AvgIpc) is 2.99. The molecule has 0 saturated heterocycles. The average molecular weight is 340 g/mol. The summed E-state index contributed by atoms with van der Waals surface area (Å²) >= 11 is 1.41. The summed E-state index contributed by atoms with van der Waals surface area (Å²) in [7, 11) is 0. The third-order valence-electron chi connectivity index (χ3n) is 2.81. The summed E-state index contributed by atoms with van der Waals surface area (Å²) in [5.41, 5.74) is 0. The summed E-state index contributed by atoms with van der Waals surface area (Å²) in [6.07, 6.45) is 1.44. The lowest BCUT2D eigenvalue weighted by Crippen LogP contribution is -2.45. The van der Waals surface area contributed by atoms with Gasteiger partial charge in [-0.15, -0.1) is 17.9 Å². The third-order valence-corrected chi connectivity index (χ3v) is 3.79. The number of thiophene rings is 1. The second-order valence-corrected chi connectivity index (χ2v) is 5.74. The van der Waals surface area contributed by atoms with Crippen LogP contribution in [0.25, 0.3) is 0 Å². The van der Waals surface area contributed by atoms with Crippen molar-refractivity contribution in [2.24, 2.45) is 0 Å². The predicted molar refractivity (Wildman–Crippen MR) is 86.1 cm³/mol. The predicted octanol–water partition coefficient (Wildman–Crippen LogP) is 1.09. The van der Waals surface area contributed by atoms with Crippen molar-refractivity contribution in [2.45, 2.75) is 25.4 Å². The fourth-order valence-electron chi connectivity index (χ4n) is 1.84. The van der Waals surface area contributed by atoms with Crippen LogP contribution in [-0.4, -0.2) is 42.1 Å². The number of carbonyl (C=O) groups is 3. The normalized spacial score (nSPS) is 12.9. The molecule has 1 aromatic rings. The van der Waals surface area contributed by atoms with E-state index in [0.29, 0.717) is 0 Å². The molecule has 1 aromatic heterocycles. The Hall–Kier alpha value is -2.19. The Morgan fingerprint density at radius 3 is 2.70 bits per heavy atom. The fraction of sp³-hybridized carbons (Fsp3) is 0.400. The van der Waals surface area contributed by atoms with Gasteiger partial charge in [-0.2, -0.15) is 0 Å². The van der Waals surface area contributed by atoms with E-state index in [1.807, 2.05) is 11.4 Å². The number of aliphatic carboxylic acids is 1. The molecule has 0 aliphatic rings. The molecule has 0 saturated carbocycles. The van der Waals surface area contributed by atoms with Crippen LogP contribution >= 0.6 is 11.3 Å². The first-order valence-electron chi connectivity index (χ1n) is 6.95. The van der Waals surface area contributed by atoms with Gasteiger partial charge in [-0.1, -0.05) is 12.1 Å². The number of hydrogen-bond acceptors (Lipinski definition) is 5. The van der Waals surface area contributed by atoms with E-state index in [4.69, 9.17) is 9.84 Å². The molecule has 8 heteroatoms. The van der Waals surface area contributed by atoms with E-state index < -0.39 is 24.0 Å². The zero-order valence-corrected chi connectivity index (χ0v) is 13.6. The van der Waals surface area contributed by atoms with Crippen molar-refractivity contribution >= 4 is 29.1 Å². The summed E-state index contributed by atoms with van der Waals surface area (Å²) in [5.74, 6) is -1.93. The van der Waals surface area contributed by atoms with Crippen molar-refractivity contribution in [1.29, 1.82) is 0 Å². The Balaban J connectivity index is 2.64.